The van der Waals surface area contributed by atoms with Crippen molar-refractivity contribution in [3.63, 3.8) is 0 Å². The summed E-state index contributed by atoms with van der Waals surface area (Å²) in [6, 6.07) is 16.9. The number of fused-ring (bicyclic) bond motifs is 1. The van der Waals surface area contributed by atoms with Gasteiger partial charge in [0.25, 0.3) is 0 Å². The minimum Gasteiger partial charge on any atom is -0.349 e. The lowest BCUT2D eigenvalue weighted by atomic mass is 10.0. The zero-order valence-corrected chi connectivity index (χ0v) is 21.6. The van der Waals surface area contributed by atoms with Gasteiger partial charge in [-0.1, -0.05) is 30.3 Å². The molecule has 0 aliphatic rings. The number of carbonyl (C=O) groups is 3. The fourth-order valence-electron chi connectivity index (χ4n) is 3.84. The van der Waals surface area contributed by atoms with Crippen LogP contribution in [0.25, 0.3) is 11.0 Å². The number of rotatable bonds is 9. The lowest BCUT2D eigenvalue weighted by Crippen LogP contribution is -2.50. The molecule has 0 radical (unpaired) electrons. The van der Waals surface area contributed by atoms with E-state index in [9.17, 15) is 14.4 Å². The van der Waals surface area contributed by atoms with Gasteiger partial charge in [0.05, 0.1) is 5.52 Å². The van der Waals surface area contributed by atoms with Crippen molar-refractivity contribution in [3.8, 4) is 0 Å². The van der Waals surface area contributed by atoms with Crippen molar-refractivity contribution >= 4 is 45.7 Å². The second-order valence-corrected chi connectivity index (χ2v) is 10.2. The summed E-state index contributed by atoms with van der Waals surface area (Å²) in [7, 11) is 0. The number of benzene rings is 2. The third-order valence-electron chi connectivity index (χ3n) is 6.19. The summed E-state index contributed by atoms with van der Waals surface area (Å²) in [4.78, 5) is 41.8. The molecule has 0 saturated carbocycles. The first-order valence-corrected chi connectivity index (χ1v) is 12.6. The number of hydrogen-bond donors (Lipinski definition) is 1. The fraction of sp³-hybridized carbons (Fsp3) is 0.296. The Balaban J connectivity index is 1.79. The Morgan fingerprint density at radius 1 is 1.06 bits per heavy atom. The van der Waals surface area contributed by atoms with E-state index in [1.54, 1.807) is 24.3 Å². The molecule has 8 nitrogen and oxygen atoms in total. The Hall–Kier alpha value is -3.85. The van der Waals surface area contributed by atoms with Crippen LogP contribution >= 0.6 is 11.3 Å². The van der Waals surface area contributed by atoms with Crippen molar-refractivity contribution in [1.82, 2.24) is 20.3 Å². The van der Waals surface area contributed by atoms with Crippen molar-refractivity contribution in [2.45, 2.75) is 52.2 Å². The number of Topliss-reactive ketones (excluding diaryl/α,β-unsaturated/α-hetero) is 1. The first-order valence-electron chi connectivity index (χ1n) is 11.8. The molecular formula is C27H29N5O3S. The molecule has 186 valence electrons. The average Bonchev–Trinajstić information content (AvgIpc) is 3.53. The monoisotopic (exact) mass is 503 g/mol. The van der Waals surface area contributed by atoms with Crippen LogP contribution in [0.15, 0.2) is 66.0 Å². The Morgan fingerprint density at radius 3 is 2.42 bits per heavy atom. The number of ketones is 1. The number of hydrogen-bond acceptors (Lipinski definition) is 6. The van der Waals surface area contributed by atoms with E-state index in [-0.39, 0.29) is 24.1 Å². The summed E-state index contributed by atoms with van der Waals surface area (Å²) in [5.41, 5.74) is 1.99. The summed E-state index contributed by atoms with van der Waals surface area (Å²) in [5, 5.41) is 13.3. The number of nitrogens with zero attached hydrogens (tertiary/aromatic N) is 4. The number of thiophene rings is 1. The molecule has 0 spiro atoms. The van der Waals surface area contributed by atoms with Gasteiger partial charge in [-0.2, -0.15) is 0 Å². The number of amides is 2. The average molecular weight is 504 g/mol. The van der Waals surface area contributed by atoms with Crippen molar-refractivity contribution < 1.29 is 14.4 Å². The van der Waals surface area contributed by atoms with E-state index in [4.69, 9.17) is 0 Å². The zero-order chi connectivity index (χ0) is 25.9. The summed E-state index contributed by atoms with van der Waals surface area (Å²) >= 11 is 1.41. The van der Waals surface area contributed by atoms with Gasteiger partial charge in [0, 0.05) is 21.7 Å². The zero-order valence-electron chi connectivity index (χ0n) is 20.8. The maximum Gasteiger partial charge on any atom is 0.249 e. The molecule has 0 saturated heterocycles. The number of anilines is 1. The molecule has 2 heterocycles. The van der Waals surface area contributed by atoms with Crippen LogP contribution < -0.4 is 10.2 Å². The summed E-state index contributed by atoms with van der Waals surface area (Å²) in [6.45, 7) is 7.28. The van der Waals surface area contributed by atoms with Gasteiger partial charge in [-0.15, -0.1) is 16.4 Å². The van der Waals surface area contributed by atoms with Gasteiger partial charge < -0.3 is 5.32 Å². The van der Waals surface area contributed by atoms with E-state index in [1.165, 1.54) is 27.8 Å². The fourth-order valence-corrected chi connectivity index (χ4v) is 4.66. The van der Waals surface area contributed by atoms with E-state index in [1.807, 2.05) is 62.5 Å². The van der Waals surface area contributed by atoms with Gasteiger partial charge >= 0.3 is 0 Å². The van der Waals surface area contributed by atoms with Crippen molar-refractivity contribution in [2.24, 2.45) is 0 Å². The molecule has 1 N–H and O–H groups in total. The Labute approximate surface area is 213 Å². The molecular weight excluding hydrogens is 474 g/mol. The first kappa shape index (κ1) is 25.2. The molecule has 0 aliphatic carbocycles. The Bertz CT molecular complexity index is 1380. The number of carbonyl (C=O) groups excluding carboxylic acids is 3. The van der Waals surface area contributed by atoms with E-state index in [0.717, 1.165) is 16.8 Å². The van der Waals surface area contributed by atoms with Crippen LogP contribution in [0.3, 0.4) is 0 Å². The van der Waals surface area contributed by atoms with Gasteiger partial charge in [-0.25, -0.2) is 4.68 Å². The molecule has 9 heteroatoms. The SMILES string of the molecule is CCC(C)(C)NC(=O)C(c1cccs1)N(C(=O)Cn1nnc2ccccc21)c1ccc(C(C)=O)cc1. The minimum absolute atomic E-state index is 0.0780. The smallest absolute Gasteiger partial charge is 0.249 e. The highest BCUT2D eigenvalue weighted by Gasteiger charge is 2.36. The minimum atomic E-state index is -0.902. The summed E-state index contributed by atoms with van der Waals surface area (Å²) in [5.74, 6) is -0.688. The van der Waals surface area contributed by atoms with Gasteiger partial charge in [0.1, 0.15) is 18.1 Å². The van der Waals surface area contributed by atoms with E-state index >= 15 is 0 Å². The quantitative estimate of drug-likeness (QED) is 0.332. The maximum absolute atomic E-state index is 13.9. The molecule has 4 rings (SSSR count). The van der Waals surface area contributed by atoms with Crippen LogP contribution in [0.2, 0.25) is 0 Å². The maximum atomic E-state index is 13.9. The van der Waals surface area contributed by atoms with E-state index < -0.39 is 11.6 Å². The molecule has 2 aromatic heterocycles. The predicted molar refractivity (Wildman–Crippen MR) is 141 cm³/mol. The molecule has 0 bridgehead atoms. The second-order valence-electron chi connectivity index (χ2n) is 9.25. The number of nitrogens with one attached hydrogen (secondary N) is 1. The highest BCUT2D eigenvalue weighted by atomic mass is 32.1. The van der Waals surface area contributed by atoms with Crippen LogP contribution in [-0.2, 0) is 16.1 Å². The standard InChI is InChI=1S/C27H29N5O3S/c1-5-27(3,4)28-26(35)25(23-11-8-16-36-23)32(20-14-12-19(13-15-20)18(2)33)24(34)17-31-22-10-7-6-9-21(22)29-30-31/h6-16,25H,5,17H2,1-4H3,(H,28,35). The van der Waals surface area contributed by atoms with Crippen molar-refractivity contribution in [3.05, 3.63) is 76.5 Å². The third-order valence-corrected chi connectivity index (χ3v) is 7.12. The number of para-hydroxylation sites is 1. The molecule has 1 unspecified atom stereocenters. The molecule has 4 aromatic rings. The summed E-state index contributed by atoms with van der Waals surface area (Å²) < 4.78 is 1.54. The van der Waals surface area contributed by atoms with Crippen LogP contribution in [0.1, 0.15) is 55.4 Å². The molecule has 2 aromatic carbocycles. The highest BCUT2D eigenvalue weighted by Crippen LogP contribution is 2.32. The lowest BCUT2D eigenvalue weighted by molar-refractivity contribution is -0.128. The van der Waals surface area contributed by atoms with E-state index in [0.29, 0.717) is 16.8 Å². The van der Waals surface area contributed by atoms with E-state index in [2.05, 4.69) is 15.6 Å². The third kappa shape index (κ3) is 5.36. The predicted octanol–water partition coefficient (Wildman–Crippen LogP) is 4.77. The molecule has 0 fully saturated rings. The molecule has 2 amide bonds. The van der Waals surface area contributed by atoms with Crippen LogP contribution in [-0.4, -0.2) is 38.1 Å². The molecule has 36 heavy (non-hydrogen) atoms. The number of aromatic nitrogens is 3. The largest absolute Gasteiger partial charge is 0.349 e. The van der Waals surface area contributed by atoms with Crippen molar-refractivity contribution in [2.75, 3.05) is 4.90 Å². The van der Waals surface area contributed by atoms with Crippen molar-refractivity contribution in [1.29, 1.82) is 0 Å². The van der Waals surface area contributed by atoms with Gasteiger partial charge in [-0.3, -0.25) is 19.3 Å². The van der Waals surface area contributed by atoms with Crippen LogP contribution in [0.5, 0.6) is 0 Å². The summed E-state index contributed by atoms with van der Waals surface area (Å²) in [6.07, 6.45) is 0.724. The topological polar surface area (TPSA) is 97.2 Å². The Kier molecular flexibility index (Phi) is 7.30. The first-order chi connectivity index (χ1) is 17.2. The van der Waals surface area contributed by atoms with Gasteiger partial charge in [-0.05, 0) is 75.0 Å². The molecule has 1 atom stereocenters. The van der Waals surface area contributed by atoms with Crippen LogP contribution in [0, 0.1) is 0 Å². The Morgan fingerprint density at radius 2 is 1.78 bits per heavy atom. The van der Waals surface area contributed by atoms with Crippen LogP contribution in [0.4, 0.5) is 5.69 Å². The second kappa shape index (κ2) is 10.4. The normalized spacial score (nSPS) is 12.3. The van der Waals surface area contributed by atoms with Gasteiger partial charge in [0.2, 0.25) is 11.8 Å². The van der Waals surface area contributed by atoms with Gasteiger partial charge in [0.15, 0.2) is 5.78 Å². The molecule has 0 aliphatic heterocycles. The highest BCUT2D eigenvalue weighted by molar-refractivity contribution is 7.10. The lowest BCUT2D eigenvalue weighted by Gasteiger charge is -2.34.